The lowest BCUT2D eigenvalue weighted by atomic mass is 10.1. The van der Waals surface area contributed by atoms with Crippen molar-refractivity contribution in [3.05, 3.63) is 41.2 Å². The molecule has 3 nitrogen and oxygen atoms in total. The van der Waals surface area contributed by atoms with E-state index in [1.807, 2.05) is 23.1 Å². The Balaban J connectivity index is 2.26. The highest BCUT2D eigenvalue weighted by Gasteiger charge is 2.07. The Kier molecular flexibility index (Phi) is 4.01. The quantitative estimate of drug-likeness (QED) is 0.836. The summed E-state index contributed by atoms with van der Waals surface area (Å²) in [5.74, 6) is 0. The van der Waals surface area contributed by atoms with Gasteiger partial charge in [0.2, 0.25) is 0 Å². The van der Waals surface area contributed by atoms with Crippen LogP contribution in [0.5, 0.6) is 0 Å². The van der Waals surface area contributed by atoms with Gasteiger partial charge in [0.25, 0.3) is 0 Å². The molecule has 92 valence electrons. The zero-order valence-electron chi connectivity index (χ0n) is 10.2. The number of hydrogen-bond donors (Lipinski definition) is 0. The van der Waals surface area contributed by atoms with Gasteiger partial charge in [-0.2, -0.15) is 10.4 Å². The molecular formula is C14H14ClN3. The predicted octanol–water partition coefficient (Wildman–Crippen LogP) is 3.88. The first-order chi connectivity index (χ1) is 8.74. The Morgan fingerprint density at radius 2 is 2.28 bits per heavy atom. The molecule has 0 spiro atoms. The van der Waals surface area contributed by atoms with Crippen LogP contribution in [0.3, 0.4) is 0 Å². The SMILES string of the molecule is CCCCn1cc(-c2ccc(C#N)cc2Cl)cn1. The Morgan fingerprint density at radius 3 is 2.94 bits per heavy atom. The van der Waals surface area contributed by atoms with Crippen LogP contribution in [0.25, 0.3) is 11.1 Å². The van der Waals surface area contributed by atoms with E-state index >= 15 is 0 Å². The molecule has 0 radical (unpaired) electrons. The summed E-state index contributed by atoms with van der Waals surface area (Å²) in [6, 6.07) is 7.39. The number of nitrogens with zero attached hydrogens (tertiary/aromatic N) is 3. The summed E-state index contributed by atoms with van der Waals surface area (Å²) in [5.41, 5.74) is 2.47. The molecule has 0 aliphatic rings. The molecular weight excluding hydrogens is 246 g/mol. The van der Waals surface area contributed by atoms with Gasteiger partial charge >= 0.3 is 0 Å². The molecule has 0 saturated carbocycles. The second kappa shape index (κ2) is 5.70. The average Bonchev–Trinajstić information content (AvgIpc) is 2.84. The molecule has 2 aromatic rings. The fourth-order valence-corrected chi connectivity index (χ4v) is 2.05. The number of hydrogen-bond acceptors (Lipinski definition) is 2. The van der Waals surface area contributed by atoms with E-state index in [4.69, 9.17) is 16.9 Å². The third-order valence-electron chi connectivity index (χ3n) is 2.78. The Labute approximate surface area is 112 Å². The summed E-state index contributed by atoms with van der Waals surface area (Å²) in [6.07, 6.45) is 6.06. The monoisotopic (exact) mass is 259 g/mol. The van der Waals surface area contributed by atoms with E-state index in [1.165, 1.54) is 0 Å². The molecule has 1 aromatic carbocycles. The number of nitriles is 1. The van der Waals surface area contributed by atoms with Crippen LogP contribution in [0.1, 0.15) is 25.3 Å². The minimum atomic E-state index is 0.571. The molecule has 1 heterocycles. The molecule has 0 aliphatic heterocycles. The minimum Gasteiger partial charge on any atom is -0.272 e. The fraction of sp³-hybridized carbons (Fsp3) is 0.286. The summed E-state index contributed by atoms with van der Waals surface area (Å²) in [4.78, 5) is 0. The van der Waals surface area contributed by atoms with E-state index in [9.17, 15) is 0 Å². The summed E-state index contributed by atoms with van der Waals surface area (Å²) in [7, 11) is 0. The second-order valence-corrected chi connectivity index (χ2v) is 4.56. The van der Waals surface area contributed by atoms with E-state index in [0.717, 1.165) is 30.5 Å². The van der Waals surface area contributed by atoms with Gasteiger partial charge in [-0.3, -0.25) is 4.68 Å². The highest BCUT2D eigenvalue weighted by molar-refractivity contribution is 6.33. The normalized spacial score (nSPS) is 10.3. The number of benzene rings is 1. The standard InChI is InChI=1S/C14H14ClN3/c1-2-3-6-18-10-12(9-17-18)13-5-4-11(8-16)7-14(13)15/h4-5,7,9-10H,2-3,6H2,1H3. The van der Waals surface area contributed by atoms with Crippen LogP contribution in [-0.2, 0) is 6.54 Å². The molecule has 0 amide bonds. The molecule has 0 N–H and O–H groups in total. The number of aromatic nitrogens is 2. The zero-order valence-corrected chi connectivity index (χ0v) is 11.0. The van der Waals surface area contributed by atoms with Crippen molar-refractivity contribution in [1.29, 1.82) is 5.26 Å². The smallest absolute Gasteiger partial charge is 0.0992 e. The van der Waals surface area contributed by atoms with Gasteiger partial charge in [-0.15, -0.1) is 0 Å². The van der Waals surface area contributed by atoms with Crippen molar-refractivity contribution in [2.75, 3.05) is 0 Å². The summed E-state index contributed by atoms with van der Waals surface area (Å²) < 4.78 is 1.92. The van der Waals surface area contributed by atoms with Crippen LogP contribution in [0.4, 0.5) is 0 Å². The lowest BCUT2D eigenvalue weighted by Gasteiger charge is -2.01. The fourth-order valence-electron chi connectivity index (χ4n) is 1.76. The van der Waals surface area contributed by atoms with Gasteiger partial charge in [0.15, 0.2) is 0 Å². The van der Waals surface area contributed by atoms with Crippen LogP contribution >= 0.6 is 11.6 Å². The van der Waals surface area contributed by atoms with E-state index in [1.54, 1.807) is 12.1 Å². The molecule has 0 unspecified atom stereocenters. The largest absolute Gasteiger partial charge is 0.272 e. The van der Waals surface area contributed by atoms with E-state index < -0.39 is 0 Å². The molecule has 4 heteroatoms. The topological polar surface area (TPSA) is 41.6 Å². The van der Waals surface area contributed by atoms with Gasteiger partial charge in [0, 0.05) is 28.9 Å². The van der Waals surface area contributed by atoms with Gasteiger partial charge in [-0.05, 0) is 18.6 Å². The zero-order chi connectivity index (χ0) is 13.0. The molecule has 0 bridgehead atoms. The third-order valence-corrected chi connectivity index (χ3v) is 3.10. The molecule has 2 rings (SSSR count). The number of unbranched alkanes of at least 4 members (excludes halogenated alkanes) is 1. The average molecular weight is 260 g/mol. The summed E-state index contributed by atoms with van der Waals surface area (Å²) in [5, 5.41) is 13.7. The van der Waals surface area contributed by atoms with Gasteiger partial charge < -0.3 is 0 Å². The van der Waals surface area contributed by atoms with Crippen molar-refractivity contribution < 1.29 is 0 Å². The van der Waals surface area contributed by atoms with Gasteiger partial charge in [-0.25, -0.2) is 0 Å². The molecule has 0 fully saturated rings. The van der Waals surface area contributed by atoms with Crippen molar-refractivity contribution in [1.82, 2.24) is 9.78 Å². The number of aryl methyl sites for hydroxylation is 1. The Hall–Kier alpha value is -1.79. The van der Waals surface area contributed by atoms with E-state index in [-0.39, 0.29) is 0 Å². The number of halogens is 1. The summed E-state index contributed by atoms with van der Waals surface area (Å²) >= 11 is 6.17. The van der Waals surface area contributed by atoms with Crippen molar-refractivity contribution in [3.8, 4) is 17.2 Å². The molecule has 1 aromatic heterocycles. The van der Waals surface area contributed by atoms with Gasteiger partial charge in [-0.1, -0.05) is 31.0 Å². The maximum absolute atomic E-state index is 8.80. The van der Waals surface area contributed by atoms with Crippen LogP contribution < -0.4 is 0 Å². The molecule has 0 atom stereocenters. The van der Waals surface area contributed by atoms with Gasteiger partial charge in [0.05, 0.1) is 17.8 Å². The van der Waals surface area contributed by atoms with Gasteiger partial charge in [0.1, 0.15) is 0 Å². The minimum absolute atomic E-state index is 0.571. The van der Waals surface area contributed by atoms with E-state index in [2.05, 4.69) is 18.1 Å². The third kappa shape index (κ3) is 2.72. The van der Waals surface area contributed by atoms with Crippen molar-refractivity contribution in [3.63, 3.8) is 0 Å². The van der Waals surface area contributed by atoms with Crippen molar-refractivity contribution in [2.24, 2.45) is 0 Å². The van der Waals surface area contributed by atoms with Crippen LogP contribution in [-0.4, -0.2) is 9.78 Å². The first kappa shape index (κ1) is 12.7. The highest BCUT2D eigenvalue weighted by atomic mass is 35.5. The molecule has 0 aliphatic carbocycles. The lowest BCUT2D eigenvalue weighted by Crippen LogP contribution is -1.96. The highest BCUT2D eigenvalue weighted by Crippen LogP contribution is 2.28. The van der Waals surface area contributed by atoms with Crippen LogP contribution in [0, 0.1) is 11.3 Å². The first-order valence-electron chi connectivity index (χ1n) is 5.97. The number of rotatable bonds is 4. The summed E-state index contributed by atoms with van der Waals surface area (Å²) in [6.45, 7) is 3.08. The van der Waals surface area contributed by atoms with E-state index in [0.29, 0.717) is 10.6 Å². The Bertz CT molecular complexity index is 581. The maximum atomic E-state index is 8.80. The molecule has 0 saturated heterocycles. The Morgan fingerprint density at radius 1 is 1.44 bits per heavy atom. The first-order valence-corrected chi connectivity index (χ1v) is 6.35. The van der Waals surface area contributed by atoms with Crippen LogP contribution in [0.15, 0.2) is 30.6 Å². The maximum Gasteiger partial charge on any atom is 0.0992 e. The van der Waals surface area contributed by atoms with Crippen molar-refractivity contribution in [2.45, 2.75) is 26.3 Å². The lowest BCUT2D eigenvalue weighted by molar-refractivity contribution is 0.572. The molecule has 18 heavy (non-hydrogen) atoms. The second-order valence-electron chi connectivity index (χ2n) is 4.15. The van der Waals surface area contributed by atoms with Crippen LogP contribution in [0.2, 0.25) is 5.02 Å². The predicted molar refractivity (Wildman–Crippen MR) is 72.3 cm³/mol. The van der Waals surface area contributed by atoms with Crippen molar-refractivity contribution >= 4 is 11.6 Å².